The molecule has 5 heteroatoms. The van der Waals surface area contributed by atoms with Crippen molar-refractivity contribution < 1.29 is 4.79 Å². The first-order valence-electron chi connectivity index (χ1n) is 4.42. The van der Waals surface area contributed by atoms with Gasteiger partial charge >= 0.3 is 6.03 Å². The Morgan fingerprint density at radius 1 is 1.40 bits per heavy atom. The molecule has 0 radical (unpaired) electrons. The number of anilines is 1. The zero-order valence-electron chi connectivity index (χ0n) is 8.32. The number of aliphatic imine (C=N–C) groups is 1. The van der Waals surface area contributed by atoms with Gasteiger partial charge < -0.3 is 5.32 Å². The van der Waals surface area contributed by atoms with Crippen molar-refractivity contribution in [3.05, 3.63) is 30.3 Å². The summed E-state index contributed by atoms with van der Waals surface area (Å²) < 4.78 is 0. The number of nitrogens with one attached hydrogen (secondary N) is 3. The Kier molecular flexibility index (Phi) is 4.03. The monoisotopic (exact) mass is 204 g/mol. The van der Waals surface area contributed by atoms with E-state index in [4.69, 9.17) is 5.41 Å². The molecule has 0 saturated heterocycles. The fourth-order valence-corrected chi connectivity index (χ4v) is 0.953. The smallest absolute Gasteiger partial charge is 0.308 e. The van der Waals surface area contributed by atoms with Crippen molar-refractivity contribution in [3.63, 3.8) is 0 Å². The molecule has 0 fully saturated rings. The van der Waals surface area contributed by atoms with E-state index >= 15 is 0 Å². The van der Waals surface area contributed by atoms with E-state index in [2.05, 4.69) is 15.6 Å². The molecular formula is C10H12N4O. The molecule has 1 rings (SSSR count). The molecule has 0 heterocycles. The second kappa shape index (κ2) is 5.54. The van der Waals surface area contributed by atoms with Crippen LogP contribution in [0.4, 0.5) is 10.5 Å². The van der Waals surface area contributed by atoms with Gasteiger partial charge in [0.1, 0.15) is 0 Å². The van der Waals surface area contributed by atoms with Gasteiger partial charge in [0, 0.05) is 11.9 Å². The Labute approximate surface area is 87.7 Å². The molecule has 1 aromatic rings. The van der Waals surface area contributed by atoms with Crippen LogP contribution in [0.1, 0.15) is 6.92 Å². The summed E-state index contributed by atoms with van der Waals surface area (Å²) in [4.78, 5) is 14.9. The molecule has 0 aliphatic rings. The molecule has 0 unspecified atom stereocenters. The molecule has 78 valence electrons. The van der Waals surface area contributed by atoms with Gasteiger partial charge in [-0.2, -0.15) is 0 Å². The molecule has 15 heavy (non-hydrogen) atoms. The Morgan fingerprint density at radius 2 is 2.07 bits per heavy atom. The van der Waals surface area contributed by atoms with Crippen LogP contribution in [-0.2, 0) is 0 Å². The number of hydrogen-bond acceptors (Lipinski definition) is 2. The first-order chi connectivity index (χ1) is 7.22. The average molecular weight is 204 g/mol. The molecule has 0 aliphatic heterocycles. The Bertz CT molecular complexity index is 372. The van der Waals surface area contributed by atoms with Crippen LogP contribution in [0.3, 0.4) is 0 Å². The third kappa shape index (κ3) is 4.04. The molecule has 2 amide bonds. The van der Waals surface area contributed by atoms with Crippen LogP contribution in [-0.4, -0.2) is 18.2 Å². The van der Waals surface area contributed by atoms with Crippen molar-refractivity contribution in [2.24, 2.45) is 4.99 Å². The lowest BCUT2D eigenvalue weighted by Gasteiger charge is -2.04. The lowest BCUT2D eigenvalue weighted by Crippen LogP contribution is -2.32. The largest absolute Gasteiger partial charge is 0.326 e. The van der Waals surface area contributed by atoms with Crippen molar-refractivity contribution >= 4 is 23.9 Å². The van der Waals surface area contributed by atoms with Gasteiger partial charge in [-0.25, -0.2) is 9.79 Å². The number of amides is 2. The summed E-state index contributed by atoms with van der Waals surface area (Å²) in [5.74, 6) is -0.189. The minimum atomic E-state index is -0.475. The molecule has 0 aliphatic carbocycles. The number of urea groups is 1. The van der Waals surface area contributed by atoms with Crippen LogP contribution in [0.5, 0.6) is 0 Å². The van der Waals surface area contributed by atoms with Gasteiger partial charge in [-0.3, -0.25) is 10.7 Å². The minimum absolute atomic E-state index is 0.189. The predicted octanol–water partition coefficient (Wildman–Crippen LogP) is 1.83. The van der Waals surface area contributed by atoms with Crippen molar-refractivity contribution in [2.45, 2.75) is 6.92 Å². The standard InChI is InChI=1S/C10H12N4O/c1-2-12-9(11)14-10(15)13-8-6-4-3-5-7-8/h2-7H,1H3,(H3,11,13,14,15)/b12-2-. The van der Waals surface area contributed by atoms with Gasteiger partial charge in [-0.15, -0.1) is 0 Å². The predicted molar refractivity (Wildman–Crippen MR) is 60.5 cm³/mol. The quantitative estimate of drug-likeness (QED) is 0.473. The highest BCUT2D eigenvalue weighted by Crippen LogP contribution is 2.03. The summed E-state index contributed by atoms with van der Waals surface area (Å²) in [5.41, 5.74) is 0.670. The fourth-order valence-electron chi connectivity index (χ4n) is 0.953. The number of rotatable bonds is 1. The fraction of sp³-hybridized carbons (Fsp3) is 0.100. The summed E-state index contributed by atoms with van der Waals surface area (Å²) in [7, 11) is 0. The average Bonchev–Trinajstić information content (AvgIpc) is 2.19. The van der Waals surface area contributed by atoms with Crippen molar-refractivity contribution in [1.29, 1.82) is 5.41 Å². The highest BCUT2D eigenvalue weighted by molar-refractivity contribution is 6.03. The number of benzene rings is 1. The molecule has 0 aromatic heterocycles. The van der Waals surface area contributed by atoms with E-state index in [0.717, 1.165) is 0 Å². The highest BCUT2D eigenvalue weighted by Gasteiger charge is 2.01. The normalized spacial score (nSPS) is 9.93. The topological polar surface area (TPSA) is 77.3 Å². The summed E-state index contributed by atoms with van der Waals surface area (Å²) in [5, 5.41) is 12.0. The van der Waals surface area contributed by atoms with Gasteiger partial charge in [0.15, 0.2) is 0 Å². The number of nitrogens with zero attached hydrogens (tertiary/aromatic N) is 1. The Morgan fingerprint density at radius 3 is 2.67 bits per heavy atom. The molecule has 0 spiro atoms. The second-order valence-corrected chi connectivity index (χ2v) is 2.68. The summed E-state index contributed by atoms with van der Waals surface area (Å²) >= 11 is 0. The maximum Gasteiger partial charge on any atom is 0.326 e. The van der Waals surface area contributed by atoms with E-state index in [1.165, 1.54) is 6.21 Å². The second-order valence-electron chi connectivity index (χ2n) is 2.68. The maximum absolute atomic E-state index is 11.3. The molecular weight excluding hydrogens is 192 g/mol. The van der Waals surface area contributed by atoms with E-state index < -0.39 is 6.03 Å². The van der Waals surface area contributed by atoms with Crippen LogP contribution in [0.25, 0.3) is 0 Å². The zero-order chi connectivity index (χ0) is 11.1. The van der Waals surface area contributed by atoms with Gasteiger partial charge in [0.25, 0.3) is 0 Å². The number of para-hydroxylation sites is 1. The lowest BCUT2D eigenvalue weighted by molar-refractivity contribution is 0.256. The first-order valence-corrected chi connectivity index (χ1v) is 4.42. The van der Waals surface area contributed by atoms with Crippen LogP contribution in [0.15, 0.2) is 35.3 Å². The van der Waals surface area contributed by atoms with Gasteiger partial charge in [-0.05, 0) is 19.1 Å². The van der Waals surface area contributed by atoms with Crippen molar-refractivity contribution in [1.82, 2.24) is 5.32 Å². The third-order valence-electron chi connectivity index (χ3n) is 1.52. The Balaban J connectivity index is 2.47. The summed E-state index contributed by atoms with van der Waals surface area (Å²) in [6.45, 7) is 1.67. The molecule has 5 nitrogen and oxygen atoms in total. The molecule has 3 N–H and O–H groups in total. The zero-order valence-corrected chi connectivity index (χ0v) is 8.32. The molecule has 1 aromatic carbocycles. The minimum Gasteiger partial charge on any atom is -0.308 e. The molecule has 0 atom stereocenters. The van der Waals surface area contributed by atoms with Gasteiger partial charge in [0.2, 0.25) is 5.96 Å². The first kappa shape index (κ1) is 10.9. The van der Waals surface area contributed by atoms with Gasteiger partial charge in [0.05, 0.1) is 0 Å². The number of hydrogen-bond donors (Lipinski definition) is 3. The molecule has 0 bridgehead atoms. The number of carbonyl (C=O) groups is 1. The SMILES string of the molecule is C/C=N\C(=N)NC(=O)Nc1ccccc1. The van der Waals surface area contributed by atoms with E-state index in [-0.39, 0.29) is 5.96 Å². The van der Waals surface area contributed by atoms with Crippen LogP contribution in [0, 0.1) is 5.41 Å². The van der Waals surface area contributed by atoms with E-state index in [1.54, 1.807) is 19.1 Å². The third-order valence-corrected chi connectivity index (χ3v) is 1.52. The summed E-state index contributed by atoms with van der Waals surface area (Å²) in [6.07, 6.45) is 1.44. The van der Waals surface area contributed by atoms with E-state index in [0.29, 0.717) is 5.69 Å². The summed E-state index contributed by atoms with van der Waals surface area (Å²) in [6, 6.07) is 8.51. The number of guanidine groups is 1. The van der Waals surface area contributed by atoms with E-state index in [1.807, 2.05) is 18.2 Å². The maximum atomic E-state index is 11.3. The lowest BCUT2D eigenvalue weighted by atomic mass is 10.3. The van der Waals surface area contributed by atoms with Crippen LogP contribution in [0.2, 0.25) is 0 Å². The van der Waals surface area contributed by atoms with Crippen LogP contribution < -0.4 is 10.6 Å². The number of carbonyl (C=O) groups excluding carboxylic acids is 1. The molecule has 0 saturated carbocycles. The van der Waals surface area contributed by atoms with E-state index in [9.17, 15) is 4.79 Å². The van der Waals surface area contributed by atoms with Crippen LogP contribution >= 0.6 is 0 Å². The van der Waals surface area contributed by atoms with Gasteiger partial charge in [-0.1, -0.05) is 18.2 Å². The Hall–Kier alpha value is -2.17. The van der Waals surface area contributed by atoms with Crippen molar-refractivity contribution in [2.75, 3.05) is 5.32 Å². The van der Waals surface area contributed by atoms with Crippen molar-refractivity contribution in [3.8, 4) is 0 Å². The highest BCUT2D eigenvalue weighted by atomic mass is 16.2.